The quantitative estimate of drug-likeness (QED) is 0.884. The van der Waals surface area contributed by atoms with Crippen LogP contribution in [0.1, 0.15) is 30.4 Å². The molecular formula is C18H21N3O3. The van der Waals surface area contributed by atoms with Crippen LogP contribution in [0.5, 0.6) is 0 Å². The number of hydrogen-bond acceptors (Lipinski definition) is 3. The lowest BCUT2D eigenvalue weighted by Gasteiger charge is -2.23. The molecule has 2 aliphatic rings. The van der Waals surface area contributed by atoms with E-state index in [1.54, 1.807) is 11.0 Å². The molecular weight excluding hydrogens is 306 g/mol. The number of carbonyl (C=O) groups is 2. The zero-order chi connectivity index (χ0) is 17.2. The number of amides is 2. The van der Waals surface area contributed by atoms with E-state index in [9.17, 15) is 14.7 Å². The number of nitriles is 1. The molecule has 6 heteroatoms. The SMILES string of the molecule is N#Cc1cccc(CCNC(=O)N2C[C@@H]3CCC[C@@]3(C(=O)O)C2)c1. The van der Waals surface area contributed by atoms with Crippen LogP contribution in [0.25, 0.3) is 0 Å². The van der Waals surface area contributed by atoms with E-state index in [-0.39, 0.29) is 11.9 Å². The average molecular weight is 327 g/mol. The van der Waals surface area contributed by atoms with E-state index in [4.69, 9.17) is 5.26 Å². The fourth-order valence-electron chi connectivity index (χ4n) is 4.02. The Morgan fingerprint density at radius 1 is 1.46 bits per heavy atom. The van der Waals surface area contributed by atoms with Crippen LogP contribution in [-0.2, 0) is 11.2 Å². The van der Waals surface area contributed by atoms with Crippen molar-refractivity contribution < 1.29 is 14.7 Å². The van der Waals surface area contributed by atoms with Crippen LogP contribution < -0.4 is 5.32 Å². The predicted molar refractivity (Wildman–Crippen MR) is 87.2 cm³/mol. The maximum atomic E-state index is 12.3. The lowest BCUT2D eigenvalue weighted by Crippen LogP contribution is -2.42. The van der Waals surface area contributed by atoms with Crippen molar-refractivity contribution in [1.82, 2.24) is 10.2 Å². The number of fused-ring (bicyclic) bond motifs is 1. The highest BCUT2D eigenvalue weighted by Gasteiger charge is 2.55. The van der Waals surface area contributed by atoms with E-state index in [0.29, 0.717) is 38.0 Å². The Hall–Kier alpha value is -2.55. The van der Waals surface area contributed by atoms with Gasteiger partial charge in [0.2, 0.25) is 0 Å². The maximum absolute atomic E-state index is 12.3. The third-order valence-electron chi connectivity index (χ3n) is 5.33. The Kier molecular flexibility index (Phi) is 4.43. The molecule has 2 N–H and O–H groups in total. The molecule has 1 aliphatic heterocycles. The van der Waals surface area contributed by atoms with Gasteiger partial charge in [-0.1, -0.05) is 18.6 Å². The maximum Gasteiger partial charge on any atom is 0.317 e. The fraction of sp³-hybridized carbons (Fsp3) is 0.500. The van der Waals surface area contributed by atoms with Gasteiger partial charge in [0.25, 0.3) is 0 Å². The molecule has 0 spiro atoms. The lowest BCUT2D eigenvalue weighted by molar-refractivity contribution is -0.149. The Labute approximate surface area is 141 Å². The second-order valence-corrected chi connectivity index (χ2v) is 6.73. The monoisotopic (exact) mass is 327 g/mol. The molecule has 0 unspecified atom stereocenters. The second kappa shape index (κ2) is 6.52. The summed E-state index contributed by atoms with van der Waals surface area (Å²) in [6.45, 7) is 1.31. The number of benzene rings is 1. The minimum absolute atomic E-state index is 0.0769. The number of carbonyl (C=O) groups excluding carboxylic acids is 1. The van der Waals surface area contributed by atoms with Gasteiger partial charge in [-0.05, 0) is 42.9 Å². The molecule has 2 amide bonds. The Bertz CT molecular complexity index is 697. The Balaban J connectivity index is 1.53. The van der Waals surface area contributed by atoms with Gasteiger partial charge in [-0.15, -0.1) is 0 Å². The van der Waals surface area contributed by atoms with E-state index in [2.05, 4.69) is 11.4 Å². The zero-order valence-electron chi connectivity index (χ0n) is 13.5. The van der Waals surface area contributed by atoms with Gasteiger partial charge in [0, 0.05) is 19.6 Å². The molecule has 0 bridgehead atoms. The van der Waals surface area contributed by atoms with Crippen molar-refractivity contribution in [3.05, 3.63) is 35.4 Å². The van der Waals surface area contributed by atoms with Crippen LogP contribution in [0.4, 0.5) is 4.79 Å². The van der Waals surface area contributed by atoms with Gasteiger partial charge in [0.15, 0.2) is 0 Å². The molecule has 6 nitrogen and oxygen atoms in total. The Morgan fingerprint density at radius 2 is 2.29 bits per heavy atom. The zero-order valence-corrected chi connectivity index (χ0v) is 13.5. The van der Waals surface area contributed by atoms with Crippen LogP contribution in [0.15, 0.2) is 24.3 Å². The second-order valence-electron chi connectivity index (χ2n) is 6.73. The largest absolute Gasteiger partial charge is 0.481 e. The highest BCUT2D eigenvalue weighted by molar-refractivity contribution is 5.80. The van der Waals surface area contributed by atoms with Gasteiger partial charge < -0.3 is 15.3 Å². The number of aliphatic carboxylic acids is 1. The first-order valence-electron chi connectivity index (χ1n) is 8.30. The first-order chi connectivity index (χ1) is 11.5. The normalized spacial score (nSPS) is 25.1. The number of carboxylic acid groups (broad SMARTS) is 1. The first kappa shape index (κ1) is 16.3. The molecule has 3 rings (SSSR count). The molecule has 24 heavy (non-hydrogen) atoms. The summed E-state index contributed by atoms with van der Waals surface area (Å²) in [5, 5.41) is 21.3. The van der Waals surface area contributed by atoms with Crippen molar-refractivity contribution in [2.24, 2.45) is 11.3 Å². The summed E-state index contributed by atoms with van der Waals surface area (Å²) >= 11 is 0. The molecule has 0 aromatic heterocycles. The number of nitrogens with zero attached hydrogens (tertiary/aromatic N) is 2. The van der Waals surface area contributed by atoms with Crippen LogP contribution in [0.3, 0.4) is 0 Å². The van der Waals surface area contributed by atoms with Gasteiger partial charge in [0.1, 0.15) is 0 Å². The minimum Gasteiger partial charge on any atom is -0.481 e. The van der Waals surface area contributed by atoms with Crippen LogP contribution >= 0.6 is 0 Å². The number of hydrogen-bond donors (Lipinski definition) is 2. The van der Waals surface area contributed by atoms with E-state index in [0.717, 1.165) is 18.4 Å². The van der Waals surface area contributed by atoms with Crippen molar-refractivity contribution >= 4 is 12.0 Å². The number of urea groups is 1. The third kappa shape index (κ3) is 2.94. The molecule has 1 aromatic rings. The standard InChI is InChI=1S/C18H21N3O3/c19-10-14-4-1-3-13(9-14)6-8-20-17(24)21-11-15-5-2-7-18(15,12-21)16(22)23/h1,3-4,9,15H,2,5-8,11-12H2,(H,20,24)(H,22,23)/t15-,18+/m0/s1. The molecule has 1 saturated carbocycles. The highest BCUT2D eigenvalue weighted by Crippen LogP contribution is 2.48. The Morgan fingerprint density at radius 3 is 3.00 bits per heavy atom. The molecule has 1 aromatic carbocycles. The minimum atomic E-state index is -0.770. The van der Waals surface area contributed by atoms with Crippen molar-refractivity contribution in [1.29, 1.82) is 5.26 Å². The van der Waals surface area contributed by atoms with E-state index >= 15 is 0 Å². The summed E-state index contributed by atoms with van der Waals surface area (Å²) in [4.78, 5) is 25.6. The molecule has 2 atom stereocenters. The first-order valence-corrected chi connectivity index (χ1v) is 8.30. The van der Waals surface area contributed by atoms with Crippen molar-refractivity contribution in [3.63, 3.8) is 0 Å². The number of rotatable bonds is 4. The van der Waals surface area contributed by atoms with E-state index in [1.807, 2.05) is 18.2 Å². The molecule has 126 valence electrons. The summed E-state index contributed by atoms with van der Waals surface area (Å²) in [6.07, 6.45) is 3.12. The van der Waals surface area contributed by atoms with E-state index < -0.39 is 11.4 Å². The average Bonchev–Trinajstić information content (AvgIpc) is 3.13. The fourth-order valence-corrected chi connectivity index (χ4v) is 4.02. The predicted octanol–water partition coefficient (Wildman–Crippen LogP) is 2.00. The van der Waals surface area contributed by atoms with Gasteiger partial charge in [-0.3, -0.25) is 4.79 Å². The summed E-state index contributed by atoms with van der Waals surface area (Å²) in [6, 6.07) is 9.21. The topological polar surface area (TPSA) is 93.4 Å². The van der Waals surface area contributed by atoms with Crippen molar-refractivity contribution in [2.75, 3.05) is 19.6 Å². The van der Waals surface area contributed by atoms with Crippen molar-refractivity contribution in [2.45, 2.75) is 25.7 Å². The summed E-state index contributed by atoms with van der Waals surface area (Å²) < 4.78 is 0. The van der Waals surface area contributed by atoms with Crippen molar-refractivity contribution in [3.8, 4) is 6.07 Å². The van der Waals surface area contributed by atoms with Gasteiger partial charge in [-0.2, -0.15) is 5.26 Å². The smallest absolute Gasteiger partial charge is 0.317 e. The van der Waals surface area contributed by atoms with Crippen LogP contribution in [0.2, 0.25) is 0 Å². The number of likely N-dealkylation sites (tertiary alicyclic amines) is 1. The number of carboxylic acids is 1. The van der Waals surface area contributed by atoms with Gasteiger partial charge in [0.05, 0.1) is 17.0 Å². The molecule has 2 fully saturated rings. The molecule has 1 heterocycles. The van der Waals surface area contributed by atoms with Gasteiger partial charge >= 0.3 is 12.0 Å². The highest BCUT2D eigenvalue weighted by atomic mass is 16.4. The summed E-state index contributed by atoms with van der Waals surface area (Å²) in [5.41, 5.74) is 0.864. The molecule has 1 aliphatic carbocycles. The summed E-state index contributed by atoms with van der Waals surface area (Å²) in [7, 11) is 0. The lowest BCUT2D eigenvalue weighted by atomic mass is 9.81. The summed E-state index contributed by atoms with van der Waals surface area (Å²) in [5.74, 6) is -0.693. The molecule has 1 saturated heterocycles. The van der Waals surface area contributed by atoms with Crippen LogP contribution in [-0.4, -0.2) is 41.6 Å². The van der Waals surface area contributed by atoms with Crippen LogP contribution in [0, 0.1) is 22.7 Å². The third-order valence-corrected chi connectivity index (χ3v) is 5.33. The number of nitrogens with one attached hydrogen (secondary N) is 1. The molecule has 0 radical (unpaired) electrons. The van der Waals surface area contributed by atoms with Gasteiger partial charge in [-0.25, -0.2) is 4.79 Å². The van der Waals surface area contributed by atoms with E-state index in [1.165, 1.54) is 0 Å².